The van der Waals surface area contributed by atoms with Gasteiger partial charge in [-0.25, -0.2) is 0 Å². The molecule has 0 aromatic heterocycles. The minimum Gasteiger partial charge on any atom is -0.496 e. The van der Waals surface area contributed by atoms with E-state index in [-0.39, 0.29) is 0 Å². The van der Waals surface area contributed by atoms with Crippen molar-refractivity contribution in [3.05, 3.63) is 59.7 Å². The van der Waals surface area contributed by atoms with Crippen molar-refractivity contribution in [2.75, 3.05) is 13.0 Å². The molecule has 20 heavy (non-hydrogen) atoms. The number of ether oxygens (including phenoxy) is 2. The molecule has 0 saturated heterocycles. The fourth-order valence-electron chi connectivity index (χ4n) is 1.78. The fraction of sp³-hybridized carbons (Fsp3) is 0.176. The van der Waals surface area contributed by atoms with E-state index in [4.69, 9.17) is 21.1 Å². The minimum absolute atomic E-state index is 0.326. The monoisotopic (exact) mass is 286 g/mol. The van der Waals surface area contributed by atoms with Gasteiger partial charge in [0.1, 0.15) is 18.1 Å². The van der Waals surface area contributed by atoms with Gasteiger partial charge in [-0.1, -0.05) is 36.1 Å². The molecule has 3 heteroatoms. The van der Waals surface area contributed by atoms with Gasteiger partial charge in [-0.2, -0.15) is 0 Å². The first-order valence-corrected chi connectivity index (χ1v) is 6.76. The second kappa shape index (κ2) is 7.47. The maximum absolute atomic E-state index is 5.77. The molecular weight excluding hydrogens is 272 g/mol. The second-order valence-electron chi connectivity index (χ2n) is 4.06. The molecule has 0 fully saturated rings. The molecule has 0 atom stereocenters. The second-order valence-corrected chi connectivity index (χ2v) is 4.33. The van der Waals surface area contributed by atoms with E-state index < -0.39 is 0 Å². The third-order valence-corrected chi connectivity index (χ3v) is 2.85. The molecule has 0 amide bonds. The molecule has 0 aliphatic carbocycles. The zero-order valence-electron chi connectivity index (χ0n) is 11.2. The number of benzene rings is 2. The smallest absolute Gasteiger partial charge is 0.125 e. The summed E-state index contributed by atoms with van der Waals surface area (Å²) in [5.74, 6) is 7.72. The Morgan fingerprint density at radius 1 is 1.10 bits per heavy atom. The molecule has 0 saturated carbocycles. The van der Waals surface area contributed by atoms with Crippen molar-refractivity contribution in [3.8, 4) is 23.3 Å². The first-order valence-electron chi connectivity index (χ1n) is 6.23. The summed E-state index contributed by atoms with van der Waals surface area (Å²) in [5, 5.41) is 0. The van der Waals surface area contributed by atoms with Gasteiger partial charge in [-0.3, -0.25) is 0 Å². The van der Waals surface area contributed by atoms with Gasteiger partial charge in [0, 0.05) is 11.1 Å². The van der Waals surface area contributed by atoms with Crippen LogP contribution in [0, 0.1) is 11.8 Å². The number of hydrogen-bond donors (Lipinski definition) is 0. The molecule has 2 aromatic carbocycles. The molecule has 0 radical (unpaired) electrons. The summed E-state index contributed by atoms with van der Waals surface area (Å²) in [5.41, 5.74) is 1.90. The van der Waals surface area contributed by atoms with Crippen LogP contribution >= 0.6 is 11.6 Å². The quantitative estimate of drug-likeness (QED) is 0.627. The van der Waals surface area contributed by atoms with Gasteiger partial charge in [0.05, 0.1) is 13.0 Å². The number of para-hydroxylation sites is 1. The zero-order chi connectivity index (χ0) is 14.2. The summed E-state index contributed by atoms with van der Waals surface area (Å²) in [4.78, 5) is 0. The molecule has 0 unspecified atom stereocenters. The Hall–Kier alpha value is -2.11. The van der Waals surface area contributed by atoms with Crippen molar-refractivity contribution in [2.24, 2.45) is 0 Å². The van der Waals surface area contributed by atoms with E-state index in [2.05, 4.69) is 11.8 Å². The molecule has 2 nitrogen and oxygen atoms in total. The van der Waals surface area contributed by atoms with Gasteiger partial charge in [0.15, 0.2) is 0 Å². The summed E-state index contributed by atoms with van der Waals surface area (Å²) < 4.78 is 11.1. The third-order valence-electron chi connectivity index (χ3n) is 2.72. The van der Waals surface area contributed by atoms with Crippen LogP contribution in [0.15, 0.2) is 48.5 Å². The van der Waals surface area contributed by atoms with E-state index in [0.717, 1.165) is 22.6 Å². The lowest BCUT2D eigenvalue weighted by Gasteiger charge is -2.10. The Morgan fingerprint density at radius 3 is 2.75 bits per heavy atom. The van der Waals surface area contributed by atoms with Crippen molar-refractivity contribution in [1.82, 2.24) is 0 Å². The number of alkyl halides is 1. The molecule has 0 N–H and O–H groups in total. The van der Waals surface area contributed by atoms with E-state index in [1.165, 1.54) is 0 Å². The van der Waals surface area contributed by atoms with Crippen LogP contribution in [0.1, 0.15) is 11.1 Å². The third kappa shape index (κ3) is 3.94. The Balaban J connectivity index is 2.07. The summed E-state index contributed by atoms with van der Waals surface area (Å²) in [6.07, 6.45) is 0. The summed E-state index contributed by atoms with van der Waals surface area (Å²) in [7, 11) is 1.65. The van der Waals surface area contributed by atoms with Crippen LogP contribution < -0.4 is 9.47 Å². The van der Waals surface area contributed by atoms with Gasteiger partial charge in [-0.15, -0.1) is 11.6 Å². The Morgan fingerprint density at radius 2 is 1.95 bits per heavy atom. The zero-order valence-corrected chi connectivity index (χ0v) is 12.0. The highest BCUT2D eigenvalue weighted by molar-refractivity contribution is 6.19. The van der Waals surface area contributed by atoms with E-state index in [1.807, 2.05) is 48.5 Å². The maximum Gasteiger partial charge on any atom is 0.125 e. The first-order chi connectivity index (χ1) is 9.83. The van der Waals surface area contributed by atoms with Crippen LogP contribution in [0.3, 0.4) is 0 Å². The normalized spacial score (nSPS) is 9.50. The van der Waals surface area contributed by atoms with E-state index in [9.17, 15) is 0 Å². The summed E-state index contributed by atoms with van der Waals surface area (Å²) in [6.45, 7) is 0.455. The molecule has 2 rings (SSSR count). The lowest BCUT2D eigenvalue weighted by Crippen LogP contribution is -1.98. The number of rotatable bonds is 4. The standard InChI is InChI=1S/C17H15ClO2/c1-19-17-10-3-2-8-15(17)13-20-16-9-4-6-14(12-16)7-5-11-18/h2-4,6,8-10,12H,11,13H2,1H3. The number of methoxy groups -OCH3 is 1. The van der Waals surface area contributed by atoms with E-state index in [1.54, 1.807) is 7.11 Å². The van der Waals surface area contributed by atoms with Crippen LogP contribution in [0.25, 0.3) is 0 Å². The van der Waals surface area contributed by atoms with Crippen LogP contribution in [0.5, 0.6) is 11.5 Å². The molecule has 2 aromatic rings. The van der Waals surface area contributed by atoms with E-state index in [0.29, 0.717) is 12.5 Å². The SMILES string of the molecule is COc1ccccc1COc1cccc(C#CCCl)c1. The highest BCUT2D eigenvalue weighted by atomic mass is 35.5. The lowest BCUT2D eigenvalue weighted by molar-refractivity contribution is 0.296. The number of hydrogen-bond acceptors (Lipinski definition) is 2. The molecular formula is C17H15ClO2. The van der Waals surface area contributed by atoms with Crippen LogP contribution in [-0.4, -0.2) is 13.0 Å². The Labute approximate surface area is 124 Å². The lowest BCUT2D eigenvalue weighted by atomic mass is 10.2. The predicted octanol–water partition coefficient (Wildman–Crippen LogP) is 3.86. The summed E-state index contributed by atoms with van der Waals surface area (Å²) >= 11 is 5.55. The van der Waals surface area contributed by atoms with Crippen LogP contribution in [0.4, 0.5) is 0 Å². The topological polar surface area (TPSA) is 18.5 Å². The van der Waals surface area contributed by atoms with Crippen molar-refractivity contribution >= 4 is 11.6 Å². The summed E-state index contributed by atoms with van der Waals surface area (Å²) in [6, 6.07) is 15.4. The first kappa shape index (κ1) is 14.3. The van der Waals surface area contributed by atoms with Gasteiger partial charge in [-0.05, 0) is 24.3 Å². The van der Waals surface area contributed by atoms with Crippen molar-refractivity contribution in [1.29, 1.82) is 0 Å². The van der Waals surface area contributed by atoms with Crippen LogP contribution in [-0.2, 0) is 6.61 Å². The molecule has 0 bridgehead atoms. The molecule has 0 heterocycles. The number of halogens is 1. The highest BCUT2D eigenvalue weighted by Gasteiger charge is 2.02. The minimum atomic E-state index is 0.326. The maximum atomic E-state index is 5.77. The fourth-order valence-corrected chi connectivity index (χ4v) is 1.85. The average Bonchev–Trinajstić information content (AvgIpc) is 2.51. The molecule has 0 aliphatic heterocycles. The van der Waals surface area contributed by atoms with Gasteiger partial charge in [0.25, 0.3) is 0 Å². The largest absolute Gasteiger partial charge is 0.496 e. The Bertz CT molecular complexity index is 626. The van der Waals surface area contributed by atoms with Crippen LogP contribution in [0.2, 0.25) is 0 Å². The van der Waals surface area contributed by atoms with Crippen molar-refractivity contribution < 1.29 is 9.47 Å². The van der Waals surface area contributed by atoms with Gasteiger partial charge in [0.2, 0.25) is 0 Å². The average molecular weight is 287 g/mol. The van der Waals surface area contributed by atoms with E-state index >= 15 is 0 Å². The predicted molar refractivity (Wildman–Crippen MR) is 81.4 cm³/mol. The van der Waals surface area contributed by atoms with Crippen molar-refractivity contribution in [3.63, 3.8) is 0 Å². The molecule has 0 spiro atoms. The van der Waals surface area contributed by atoms with Gasteiger partial charge >= 0.3 is 0 Å². The molecule has 102 valence electrons. The Kier molecular flexibility index (Phi) is 5.34. The van der Waals surface area contributed by atoms with Gasteiger partial charge < -0.3 is 9.47 Å². The van der Waals surface area contributed by atoms with Crippen molar-refractivity contribution in [2.45, 2.75) is 6.61 Å². The molecule has 0 aliphatic rings. The highest BCUT2D eigenvalue weighted by Crippen LogP contribution is 2.20.